The van der Waals surface area contributed by atoms with Gasteiger partial charge >= 0.3 is 0 Å². The van der Waals surface area contributed by atoms with E-state index in [4.69, 9.17) is 8.83 Å². The van der Waals surface area contributed by atoms with Crippen molar-refractivity contribution in [3.8, 4) is 33.4 Å². The summed E-state index contributed by atoms with van der Waals surface area (Å²) in [7, 11) is 0. The second-order valence-electron chi connectivity index (χ2n) is 12.9. The highest BCUT2D eigenvalue weighted by molar-refractivity contribution is 6.14. The smallest absolute Gasteiger partial charge is 0.137 e. The molecule has 240 valence electrons. The Balaban J connectivity index is 1.16. The van der Waals surface area contributed by atoms with Crippen molar-refractivity contribution in [3.63, 3.8) is 0 Å². The summed E-state index contributed by atoms with van der Waals surface area (Å²) in [6.45, 7) is 0. The van der Waals surface area contributed by atoms with Crippen LogP contribution in [-0.4, -0.2) is 0 Å². The lowest BCUT2D eigenvalue weighted by Crippen LogP contribution is -2.11. The van der Waals surface area contributed by atoms with Gasteiger partial charge in [-0.15, -0.1) is 0 Å². The minimum atomic E-state index is 0.860. The number of rotatable bonds is 6. The van der Waals surface area contributed by atoms with Gasteiger partial charge in [0.25, 0.3) is 0 Å². The van der Waals surface area contributed by atoms with Crippen LogP contribution in [0.25, 0.3) is 77.3 Å². The van der Waals surface area contributed by atoms with Gasteiger partial charge in [-0.2, -0.15) is 0 Å². The average Bonchev–Trinajstić information content (AvgIpc) is 3.78. The third-order valence-corrected chi connectivity index (χ3v) is 9.91. The number of furan rings is 2. The molecule has 0 aliphatic rings. The zero-order chi connectivity index (χ0) is 33.7. The summed E-state index contributed by atoms with van der Waals surface area (Å²) < 4.78 is 12.6. The van der Waals surface area contributed by atoms with Gasteiger partial charge < -0.3 is 13.7 Å². The molecule has 2 aromatic heterocycles. The van der Waals surface area contributed by atoms with Crippen LogP contribution in [0.5, 0.6) is 0 Å². The molecule has 2 heterocycles. The molecule has 8 aromatic carbocycles. The molecule has 0 N–H and O–H groups in total. The Kier molecular flexibility index (Phi) is 6.81. The van der Waals surface area contributed by atoms with Gasteiger partial charge in [0.05, 0.1) is 16.8 Å². The summed E-state index contributed by atoms with van der Waals surface area (Å²) in [4.78, 5) is 2.38. The largest absolute Gasteiger partial charge is 0.456 e. The molecular formula is C48H31NO2. The van der Waals surface area contributed by atoms with Gasteiger partial charge in [-0.1, -0.05) is 140 Å². The predicted octanol–water partition coefficient (Wildman–Crippen LogP) is 14.0. The molecule has 0 fully saturated rings. The lowest BCUT2D eigenvalue weighted by Gasteiger charge is -2.28. The summed E-state index contributed by atoms with van der Waals surface area (Å²) in [5.41, 5.74) is 13.7. The van der Waals surface area contributed by atoms with Crippen LogP contribution in [0, 0.1) is 0 Å². The van der Waals surface area contributed by atoms with Crippen molar-refractivity contribution in [2.75, 3.05) is 4.90 Å². The summed E-state index contributed by atoms with van der Waals surface area (Å²) >= 11 is 0. The van der Waals surface area contributed by atoms with E-state index in [1.165, 1.54) is 11.1 Å². The summed E-state index contributed by atoms with van der Waals surface area (Å²) in [5, 5.41) is 4.44. The van der Waals surface area contributed by atoms with Crippen LogP contribution in [-0.2, 0) is 0 Å². The van der Waals surface area contributed by atoms with Crippen LogP contribution in [0.3, 0.4) is 0 Å². The SMILES string of the molecule is c1ccc(-c2ccc(-c3ccccc3N(c3ccc(-c4cccc5oc6ccccc6c45)cc3)c3cccc4oc5ccccc5c34)cc2)cc1. The number of fused-ring (bicyclic) bond motifs is 6. The van der Waals surface area contributed by atoms with Crippen molar-refractivity contribution >= 4 is 60.9 Å². The first-order valence-corrected chi connectivity index (χ1v) is 17.3. The van der Waals surface area contributed by atoms with E-state index in [2.05, 4.69) is 163 Å². The molecule has 0 amide bonds. The van der Waals surface area contributed by atoms with E-state index in [1.807, 2.05) is 30.3 Å². The first kappa shape index (κ1) is 29.1. The highest BCUT2D eigenvalue weighted by Gasteiger charge is 2.22. The molecule has 3 nitrogen and oxygen atoms in total. The second kappa shape index (κ2) is 11.9. The van der Waals surface area contributed by atoms with E-state index in [-0.39, 0.29) is 0 Å². The normalized spacial score (nSPS) is 11.5. The molecule has 0 spiro atoms. The van der Waals surface area contributed by atoms with Crippen LogP contribution in [0.1, 0.15) is 0 Å². The van der Waals surface area contributed by atoms with Gasteiger partial charge in [-0.25, -0.2) is 0 Å². The van der Waals surface area contributed by atoms with E-state index in [0.717, 1.165) is 83.2 Å². The topological polar surface area (TPSA) is 29.5 Å². The summed E-state index contributed by atoms with van der Waals surface area (Å²) in [6, 6.07) is 66.2. The lowest BCUT2D eigenvalue weighted by molar-refractivity contribution is 0.668. The van der Waals surface area contributed by atoms with Crippen LogP contribution in [0.2, 0.25) is 0 Å². The molecule has 0 saturated heterocycles. The molecule has 0 bridgehead atoms. The standard InChI is InChI=1S/C48H31NO2/c1-2-12-32(13-3-1)33-24-26-34(27-25-33)37-14-4-7-18-41(37)49(42-19-11-23-46-48(42)40-16-6-9-21-44(40)51-46)36-30-28-35(29-31-36)38-17-10-22-45-47(38)39-15-5-8-20-43(39)50-45/h1-31H. The van der Waals surface area contributed by atoms with Crippen molar-refractivity contribution in [3.05, 3.63) is 188 Å². The van der Waals surface area contributed by atoms with Gasteiger partial charge in [0, 0.05) is 27.4 Å². The number of anilines is 3. The van der Waals surface area contributed by atoms with E-state index in [1.54, 1.807) is 0 Å². The Bertz CT molecular complexity index is 2840. The zero-order valence-corrected chi connectivity index (χ0v) is 27.7. The molecule has 3 heteroatoms. The Morgan fingerprint density at radius 3 is 1.51 bits per heavy atom. The molecule has 10 rings (SSSR count). The maximum atomic E-state index is 6.39. The van der Waals surface area contributed by atoms with Crippen LogP contribution >= 0.6 is 0 Å². The fourth-order valence-electron chi connectivity index (χ4n) is 7.54. The van der Waals surface area contributed by atoms with Gasteiger partial charge in [0.2, 0.25) is 0 Å². The second-order valence-corrected chi connectivity index (χ2v) is 12.9. The fourth-order valence-corrected chi connectivity index (χ4v) is 7.54. The van der Waals surface area contributed by atoms with Gasteiger partial charge in [-0.05, 0) is 76.3 Å². The number of hydrogen-bond acceptors (Lipinski definition) is 3. The Morgan fingerprint density at radius 2 is 0.765 bits per heavy atom. The molecule has 0 aliphatic heterocycles. The van der Waals surface area contributed by atoms with Crippen LogP contribution < -0.4 is 4.90 Å². The first-order valence-electron chi connectivity index (χ1n) is 17.3. The third kappa shape index (κ3) is 4.90. The molecule has 0 radical (unpaired) electrons. The minimum absolute atomic E-state index is 0.860. The molecular weight excluding hydrogens is 623 g/mol. The fraction of sp³-hybridized carbons (Fsp3) is 0. The lowest BCUT2D eigenvalue weighted by atomic mass is 9.97. The molecule has 0 aliphatic carbocycles. The monoisotopic (exact) mass is 653 g/mol. The van der Waals surface area contributed by atoms with Crippen molar-refractivity contribution in [2.24, 2.45) is 0 Å². The van der Waals surface area contributed by atoms with E-state index in [0.29, 0.717) is 0 Å². The zero-order valence-electron chi connectivity index (χ0n) is 27.7. The summed E-state index contributed by atoms with van der Waals surface area (Å²) in [5.74, 6) is 0. The quantitative estimate of drug-likeness (QED) is 0.179. The number of hydrogen-bond donors (Lipinski definition) is 0. The predicted molar refractivity (Wildman–Crippen MR) is 212 cm³/mol. The first-order chi connectivity index (χ1) is 25.3. The van der Waals surface area contributed by atoms with Crippen molar-refractivity contribution in [1.82, 2.24) is 0 Å². The Hall–Kier alpha value is -6.84. The van der Waals surface area contributed by atoms with Crippen LogP contribution in [0.4, 0.5) is 17.1 Å². The minimum Gasteiger partial charge on any atom is -0.456 e. The summed E-state index contributed by atoms with van der Waals surface area (Å²) in [6.07, 6.45) is 0. The highest BCUT2D eigenvalue weighted by Crippen LogP contribution is 2.46. The van der Waals surface area contributed by atoms with Gasteiger partial charge in [0.15, 0.2) is 0 Å². The average molecular weight is 654 g/mol. The molecule has 0 saturated carbocycles. The molecule has 0 unspecified atom stereocenters. The molecule has 10 aromatic rings. The number of benzene rings is 8. The number of para-hydroxylation sites is 3. The van der Waals surface area contributed by atoms with E-state index < -0.39 is 0 Å². The Labute approximate surface area is 295 Å². The maximum absolute atomic E-state index is 6.39. The Morgan fingerprint density at radius 1 is 0.294 bits per heavy atom. The van der Waals surface area contributed by atoms with Crippen molar-refractivity contribution in [1.29, 1.82) is 0 Å². The van der Waals surface area contributed by atoms with Crippen molar-refractivity contribution in [2.45, 2.75) is 0 Å². The molecule has 51 heavy (non-hydrogen) atoms. The molecule has 0 atom stereocenters. The van der Waals surface area contributed by atoms with Gasteiger partial charge in [0.1, 0.15) is 22.3 Å². The number of nitrogens with zero attached hydrogens (tertiary/aromatic N) is 1. The maximum Gasteiger partial charge on any atom is 0.137 e. The van der Waals surface area contributed by atoms with E-state index in [9.17, 15) is 0 Å². The van der Waals surface area contributed by atoms with Crippen molar-refractivity contribution < 1.29 is 8.83 Å². The van der Waals surface area contributed by atoms with Crippen LogP contribution in [0.15, 0.2) is 197 Å². The highest BCUT2D eigenvalue weighted by atomic mass is 16.3. The third-order valence-electron chi connectivity index (χ3n) is 9.91. The van der Waals surface area contributed by atoms with Gasteiger partial charge in [-0.3, -0.25) is 0 Å². The van der Waals surface area contributed by atoms with E-state index >= 15 is 0 Å².